The van der Waals surface area contributed by atoms with Crippen LogP contribution in [-0.4, -0.2) is 45.0 Å². The van der Waals surface area contributed by atoms with E-state index in [9.17, 15) is 19.2 Å². The van der Waals surface area contributed by atoms with Gasteiger partial charge >= 0.3 is 5.76 Å². The standard InChI is InChI=1S/C23H21N5O5/c1-23-11-9-19(30)28(23)17-8-3-2-7-16(17)21(31)27(23)12-10-18(29)24-15-6-4-5-14(13-15)20-25-22(32)33-26-20/h2-8,13H,9-12H2,1H3,(H,24,29)(H,25,26,32). The number of hydrogen-bond donors (Lipinski definition) is 2. The summed E-state index contributed by atoms with van der Waals surface area (Å²) in [6.07, 6.45) is 0.903. The highest BCUT2D eigenvalue weighted by atomic mass is 16.5. The summed E-state index contributed by atoms with van der Waals surface area (Å²) in [5.74, 6) is -0.918. The van der Waals surface area contributed by atoms with Crippen molar-refractivity contribution in [2.75, 3.05) is 16.8 Å². The molecule has 168 valence electrons. The van der Waals surface area contributed by atoms with Gasteiger partial charge in [0.15, 0.2) is 5.82 Å². The van der Waals surface area contributed by atoms with Gasteiger partial charge in [-0.25, -0.2) is 4.79 Å². The van der Waals surface area contributed by atoms with Crippen LogP contribution in [0.15, 0.2) is 57.8 Å². The first kappa shape index (κ1) is 20.7. The van der Waals surface area contributed by atoms with Crippen LogP contribution in [-0.2, 0) is 9.59 Å². The normalized spacial score (nSPS) is 19.4. The number of para-hydroxylation sites is 1. The van der Waals surface area contributed by atoms with E-state index in [1.165, 1.54) is 0 Å². The van der Waals surface area contributed by atoms with Crippen molar-refractivity contribution in [1.29, 1.82) is 0 Å². The summed E-state index contributed by atoms with van der Waals surface area (Å²) >= 11 is 0. The van der Waals surface area contributed by atoms with Crippen LogP contribution in [0.25, 0.3) is 11.4 Å². The first-order valence-electron chi connectivity index (χ1n) is 10.6. The molecule has 3 amide bonds. The van der Waals surface area contributed by atoms with Gasteiger partial charge < -0.3 is 10.2 Å². The molecule has 3 heterocycles. The molecule has 0 saturated carbocycles. The number of benzene rings is 2. The Kier molecular flexibility index (Phi) is 4.85. The Balaban J connectivity index is 1.32. The molecule has 1 atom stereocenters. The van der Waals surface area contributed by atoms with Crippen LogP contribution in [0.2, 0.25) is 0 Å². The van der Waals surface area contributed by atoms with Crippen LogP contribution in [0, 0.1) is 0 Å². The minimum Gasteiger partial charge on any atom is -0.326 e. The van der Waals surface area contributed by atoms with Crippen molar-refractivity contribution < 1.29 is 18.9 Å². The smallest absolute Gasteiger partial charge is 0.326 e. The number of nitrogens with one attached hydrogen (secondary N) is 2. The number of carbonyl (C=O) groups excluding carboxylic acids is 3. The molecule has 1 aromatic heterocycles. The van der Waals surface area contributed by atoms with Gasteiger partial charge in [-0.2, -0.15) is 0 Å². The molecular formula is C23H21N5O5. The van der Waals surface area contributed by atoms with Gasteiger partial charge in [-0.05, 0) is 37.6 Å². The highest BCUT2D eigenvalue weighted by molar-refractivity contribution is 6.10. The molecule has 2 aromatic carbocycles. The van der Waals surface area contributed by atoms with Gasteiger partial charge in [0.2, 0.25) is 11.8 Å². The molecule has 1 fully saturated rings. The van der Waals surface area contributed by atoms with Crippen LogP contribution < -0.4 is 16.0 Å². The van der Waals surface area contributed by atoms with E-state index in [0.717, 1.165) is 0 Å². The second-order valence-electron chi connectivity index (χ2n) is 8.24. The molecule has 1 saturated heterocycles. The van der Waals surface area contributed by atoms with Crippen molar-refractivity contribution in [3.63, 3.8) is 0 Å². The Morgan fingerprint density at radius 3 is 2.79 bits per heavy atom. The minimum atomic E-state index is -0.804. The van der Waals surface area contributed by atoms with E-state index in [1.807, 2.05) is 13.0 Å². The average molecular weight is 447 g/mol. The van der Waals surface area contributed by atoms with Crippen LogP contribution in [0.5, 0.6) is 0 Å². The van der Waals surface area contributed by atoms with Gasteiger partial charge in [-0.15, -0.1) is 0 Å². The van der Waals surface area contributed by atoms with Gasteiger partial charge in [0, 0.05) is 30.6 Å². The van der Waals surface area contributed by atoms with Crippen molar-refractivity contribution in [2.45, 2.75) is 31.8 Å². The molecule has 3 aromatic rings. The molecule has 2 aliphatic rings. The maximum Gasteiger partial charge on any atom is 0.439 e. The number of H-pyrrole nitrogens is 1. The number of fused-ring (bicyclic) bond motifs is 3. The summed E-state index contributed by atoms with van der Waals surface area (Å²) in [7, 11) is 0. The first-order valence-corrected chi connectivity index (χ1v) is 10.6. The number of amides is 3. The molecule has 10 heteroatoms. The quantitative estimate of drug-likeness (QED) is 0.618. The molecule has 0 aliphatic carbocycles. The predicted octanol–water partition coefficient (Wildman–Crippen LogP) is 2.36. The Labute approximate surface area is 188 Å². The minimum absolute atomic E-state index is 0.0328. The third-order valence-electron chi connectivity index (χ3n) is 6.17. The van der Waals surface area contributed by atoms with E-state index in [0.29, 0.717) is 35.3 Å². The fourth-order valence-corrected chi connectivity index (χ4v) is 4.58. The summed E-state index contributed by atoms with van der Waals surface area (Å²) < 4.78 is 4.52. The van der Waals surface area contributed by atoms with E-state index in [4.69, 9.17) is 0 Å². The lowest BCUT2D eigenvalue weighted by Crippen LogP contribution is -2.62. The number of hydrogen-bond acceptors (Lipinski definition) is 6. The lowest BCUT2D eigenvalue weighted by Gasteiger charge is -2.48. The third-order valence-corrected chi connectivity index (χ3v) is 6.17. The molecule has 0 spiro atoms. The van der Waals surface area contributed by atoms with Crippen molar-refractivity contribution in [1.82, 2.24) is 15.0 Å². The number of rotatable bonds is 5. The topological polar surface area (TPSA) is 129 Å². The van der Waals surface area contributed by atoms with Crippen molar-refractivity contribution >= 4 is 29.1 Å². The van der Waals surface area contributed by atoms with Gasteiger partial charge in [-0.1, -0.05) is 29.4 Å². The lowest BCUT2D eigenvalue weighted by molar-refractivity contribution is -0.117. The Morgan fingerprint density at radius 1 is 1.18 bits per heavy atom. The molecule has 1 unspecified atom stereocenters. The van der Waals surface area contributed by atoms with E-state index >= 15 is 0 Å². The van der Waals surface area contributed by atoms with E-state index < -0.39 is 11.4 Å². The van der Waals surface area contributed by atoms with Crippen molar-refractivity contribution in [3.05, 3.63) is 64.6 Å². The maximum atomic E-state index is 13.3. The molecule has 0 radical (unpaired) electrons. The summed E-state index contributed by atoms with van der Waals surface area (Å²) in [6, 6.07) is 13.9. The van der Waals surface area contributed by atoms with Gasteiger partial charge in [0.1, 0.15) is 5.66 Å². The number of aromatic amines is 1. The van der Waals surface area contributed by atoms with E-state index in [2.05, 4.69) is 20.0 Å². The average Bonchev–Trinajstić information content (AvgIpc) is 3.37. The second-order valence-corrected chi connectivity index (χ2v) is 8.24. The summed E-state index contributed by atoms with van der Waals surface area (Å²) in [4.78, 5) is 55.5. The first-order chi connectivity index (χ1) is 15.9. The Bertz CT molecular complexity index is 1330. The predicted molar refractivity (Wildman–Crippen MR) is 118 cm³/mol. The number of anilines is 2. The zero-order valence-corrected chi connectivity index (χ0v) is 17.8. The van der Waals surface area contributed by atoms with Crippen molar-refractivity contribution in [3.8, 4) is 11.4 Å². The highest BCUT2D eigenvalue weighted by Crippen LogP contribution is 2.43. The molecular weight excluding hydrogens is 426 g/mol. The van der Waals surface area contributed by atoms with Crippen molar-refractivity contribution in [2.24, 2.45) is 0 Å². The molecule has 0 bridgehead atoms. The van der Waals surface area contributed by atoms with Crippen LogP contribution in [0.1, 0.15) is 36.5 Å². The largest absolute Gasteiger partial charge is 0.439 e. The van der Waals surface area contributed by atoms with Gasteiger partial charge in [0.05, 0.1) is 11.3 Å². The number of nitrogens with zero attached hydrogens (tertiary/aromatic N) is 3. The molecule has 2 N–H and O–H groups in total. The van der Waals surface area contributed by atoms with E-state index in [-0.39, 0.29) is 36.5 Å². The Hall–Kier alpha value is -4.21. The highest BCUT2D eigenvalue weighted by Gasteiger charge is 2.52. The van der Waals surface area contributed by atoms with Crippen LogP contribution in [0.4, 0.5) is 11.4 Å². The van der Waals surface area contributed by atoms with Gasteiger partial charge in [0.25, 0.3) is 5.91 Å². The SMILES string of the molecule is CC12CCC(=O)N1c1ccccc1C(=O)N2CCC(=O)Nc1cccc(-c2noc(=O)[nH]2)c1. The summed E-state index contributed by atoms with van der Waals surface area (Å²) in [6.45, 7) is 2.03. The Morgan fingerprint density at radius 2 is 2.00 bits per heavy atom. The number of carbonyl (C=O) groups is 3. The van der Waals surface area contributed by atoms with Crippen LogP contribution in [0.3, 0.4) is 0 Å². The molecule has 2 aliphatic heterocycles. The summed E-state index contributed by atoms with van der Waals surface area (Å²) in [5.41, 5.74) is 1.37. The fraction of sp³-hybridized carbons (Fsp3) is 0.261. The third kappa shape index (κ3) is 3.49. The second kappa shape index (κ2) is 7.73. The fourth-order valence-electron chi connectivity index (χ4n) is 4.58. The summed E-state index contributed by atoms with van der Waals surface area (Å²) in [5, 5.41) is 6.45. The molecule has 33 heavy (non-hydrogen) atoms. The maximum absolute atomic E-state index is 13.3. The monoisotopic (exact) mass is 447 g/mol. The molecule has 10 nitrogen and oxygen atoms in total. The van der Waals surface area contributed by atoms with E-state index in [1.54, 1.807) is 52.3 Å². The lowest BCUT2D eigenvalue weighted by atomic mass is 9.98. The zero-order chi connectivity index (χ0) is 23.2. The zero-order valence-electron chi connectivity index (χ0n) is 17.8. The van der Waals surface area contributed by atoms with Gasteiger partial charge in [-0.3, -0.25) is 28.8 Å². The molecule has 5 rings (SSSR count). The van der Waals surface area contributed by atoms with Crippen LogP contribution >= 0.6 is 0 Å². The number of aromatic nitrogens is 2.